The molecule has 8 heteroatoms. The highest BCUT2D eigenvalue weighted by Gasteiger charge is 2.33. The number of nitrogens with zero attached hydrogens (tertiary/aromatic N) is 1. The van der Waals surface area contributed by atoms with Crippen molar-refractivity contribution in [3.05, 3.63) is 40.3 Å². The smallest absolute Gasteiger partial charge is 0.200 e. The highest BCUT2D eigenvalue weighted by Crippen LogP contribution is 2.44. The Morgan fingerprint density at radius 3 is 2.30 bits per heavy atom. The number of benzene rings is 2. The van der Waals surface area contributed by atoms with Gasteiger partial charge < -0.3 is 30.3 Å². The van der Waals surface area contributed by atoms with Crippen LogP contribution in [0.5, 0.6) is 28.7 Å². The normalized spacial score (nSPS) is 19.7. The van der Waals surface area contributed by atoms with Gasteiger partial charge in [-0.1, -0.05) is 0 Å². The minimum absolute atomic E-state index is 0.0315. The summed E-state index contributed by atoms with van der Waals surface area (Å²) in [4.78, 5) is 10.8. The van der Waals surface area contributed by atoms with Gasteiger partial charge in [0.05, 0.1) is 6.10 Å². The van der Waals surface area contributed by atoms with Crippen LogP contribution in [0.3, 0.4) is 0 Å². The SMILES string of the molecule is O=Nc1cc(O)cc2c1C[C@@H](O)[C@@H](c1cc(O)c(O)c(O)c1)O2. The quantitative estimate of drug-likeness (QED) is 0.421. The van der Waals surface area contributed by atoms with E-state index in [1.807, 2.05) is 0 Å². The lowest BCUT2D eigenvalue weighted by molar-refractivity contribution is 0.0206. The van der Waals surface area contributed by atoms with Crippen LogP contribution in [0.15, 0.2) is 29.4 Å². The van der Waals surface area contributed by atoms with Gasteiger partial charge in [0.15, 0.2) is 23.4 Å². The molecule has 0 spiro atoms. The molecule has 2 atom stereocenters. The zero-order chi connectivity index (χ0) is 16.7. The second-order valence-corrected chi connectivity index (χ2v) is 5.25. The zero-order valence-electron chi connectivity index (χ0n) is 11.7. The van der Waals surface area contributed by atoms with Crippen molar-refractivity contribution in [2.75, 3.05) is 0 Å². The van der Waals surface area contributed by atoms with Gasteiger partial charge in [0.1, 0.15) is 17.2 Å². The van der Waals surface area contributed by atoms with Gasteiger partial charge in [0.2, 0.25) is 0 Å². The summed E-state index contributed by atoms with van der Waals surface area (Å²) in [5.74, 6) is -1.85. The Morgan fingerprint density at radius 1 is 1.04 bits per heavy atom. The molecule has 0 amide bonds. The van der Waals surface area contributed by atoms with Crippen molar-refractivity contribution in [2.45, 2.75) is 18.6 Å². The summed E-state index contributed by atoms with van der Waals surface area (Å²) in [5, 5.41) is 51.2. The molecule has 23 heavy (non-hydrogen) atoms. The first-order chi connectivity index (χ1) is 10.9. The number of nitroso groups, excluding NO2 is 1. The number of rotatable bonds is 2. The van der Waals surface area contributed by atoms with Crippen LogP contribution in [0.4, 0.5) is 5.69 Å². The van der Waals surface area contributed by atoms with E-state index >= 15 is 0 Å². The maximum Gasteiger partial charge on any atom is 0.200 e. The summed E-state index contributed by atoms with van der Waals surface area (Å²) >= 11 is 0. The van der Waals surface area contributed by atoms with E-state index in [1.54, 1.807) is 0 Å². The number of aromatic hydroxyl groups is 4. The number of fused-ring (bicyclic) bond motifs is 1. The molecule has 3 rings (SSSR count). The Hall–Kier alpha value is -3.00. The number of ether oxygens (including phenoxy) is 1. The lowest BCUT2D eigenvalue weighted by Crippen LogP contribution is -2.30. The number of hydrogen-bond acceptors (Lipinski definition) is 8. The van der Waals surface area contributed by atoms with Gasteiger partial charge >= 0.3 is 0 Å². The summed E-state index contributed by atoms with van der Waals surface area (Å²) in [6.45, 7) is 0. The summed E-state index contributed by atoms with van der Waals surface area (Å²) < 4.78 is 5.59. The van der Waals surface area contributed by atoms with Crippen LogP contribution in [-0.4, -0.2) is 31.6 Å². The van der Waals surface area contributed by atoms with Crippen LogP contribution in [0.2, 0.25) is 0 Å². The van der Waals surface area contributed by atoms with Gasteiger partial charge in [-0.2, -0.15) is 0 Å². The fourth-order valence-corrected chi connectivity index (χ4v) is 2.62. The molecule has 0 saturated heterocycles. The third kappa shape index (κ3) is 2.49. The van der Waals surface area contributed by atoms with Crippen molar-refractivity contribution in [3.8, 4) is 28.7 Å². The number of phenols is 4. The summed E-state index contributed by atoms with van der Waals surface area (Å²) in [7, 11) is 0. The van der Waals surface area contributed by atoms with Crippen molar-refractivity contribution >= 4 is 5.69 Å². The fourth-order valence-electron chi connectivity index (χ4n) is 2.62. The topological polar surface area (TPSA) is 140 Å². The van der Waals surface area contributed by atoms with Crippen molar-refractivity contribution in [2.24, 2.45) is 5.18 Å². The predicted octanol–water partition coefficient (Wildman–Crippen LogP) is 1.94. The number of aliphatic hydroxyl groups is 1. The molecule has 1 heterocycles. The molecule has 0 bridgehead atoms. The second-order valence-electron chi connectivity index (χ2n) is 5.25. The molecule has 1 aliphatic heterocycles. The van der Waals surface area contributed by atoms with E-state index < -0.39 is 29.5 Å². The van der Waals surface area contributed by atoms with E-state index in [0.29, 0.717) is 5.56 Å². The minimum Gasteiger partial charge on any atom is -0.508 e. The Morgan fingerprint density at radius 2 is 1.70 bits per heavy atom. The lowest BCUT2D eigenvalue weighted by Gasteiger charge is -2.31. The van der Waals surface area contributed by atoms with Gasteiger partial charge in [-0.15, -0.1) is 4.91 Å². The Labute approximate surface area is 129 Å². The third-order valence-electron chi connectivity index (χ3n) is 3.71. The average Bonchev–Trinajstić information content (AvgIpc) is 2.51. The molecule has 2 aromatic carbocycles. The average molecular weight is 319 g/mol. The van der Waals surface area contributed by atoms with Crippen molar-refractivity contribution in [1.29, 1.82) is 0 Å². The zero-order valence-corrected chi connectivity index (χ0v) is 11.7. The number of phenolic OH excluding ortho intramolecular Hbond substituents is 4. The van der Waals surface area contributed by atoms with E-state index in [4.69, 9.17) is 4.74 Å². The van der Waals surface area contributed by atoms with Gasteiger partial charge in [0.25, 0.3) is 0 Å². The van der Waals surface area contributed by atoms with E-state index in [-0.39, 0.29) is 29.2 Å². The molecule has 0 saturated carbocycles. The summed E-state index contributed by atoms with van der Waals surface area (Å²) in [6.07, 6.45) is -2.03. The first-order valence-electron chi connectivity index (χ1n) is 6.69. The van der Waals surface area contributed by atoms with Gasteiger partial charge in [-0.05, 0) is 17.3 Å². The first-order valence-corrected chi connectivity index (χ1v) is 6.69. The van der Waals surface area contributed by atoms with Crippen LogP contribution >= 0.6 is 0 Å². The second kappa shape index (κ2) is 5.33. The van der Waals surface area contributed by atoms with Crippen molar-refractivity contribution < 1.29 is 30.3 Å². The molecule has 1 aliphatic rings. The van der Waals surface area contributed by atoms with E-state index in [1.165, 1.54) is 12.1 Å². The number of aliphatic hydroxyl groups excluding tert-OH is 1. The monoisotopic (exact) mass is 319 g/mol. The molecule has 120 valence electrons. The molecular weight excluding hydrogens is 306 g/mol. The van der Waals surface area contributed by atoms with Crippen LogP contribution in [0, 0.1) is 4.91 Å². The molecule has 0 unspecified atom stereocenters. The largest absolute Gasteiger partial charge is 0.508 e. The maximum absolute atomic E-state index is 10.8. The van der Waals surface area contributed by atoms with E-state index in [9.17, 15) is 30.4 Å². The van der Waals surface area contributed by atoms with Gasteiger partial charge in [-0.25, -0.2) is 0 Å². The molecule has 0 fully saturated rings. The van der Waals surface area contributed by atoms with Crippen LogP contribution in [0.25, 0.3) is 0 Å². The molecule has 5 N–H and O–H groups in total. The van der Waals surface area contributed by atoms with Crippen molar-refractivity contribution in [3.63, 3.8) is 0 Å². The van der Waals surface area contributed by atoms with Crippen LogP contribution < -0.4 is 4.74 Å². The van der Waals surface area contributed by atoms with Gasteiger partial charge in [-0.3, -0.25) is 0 Å². The van der Waals surface area contributed by atoms with E-state index in [0.717, 1.165) is 12.1 Å². The maximum atomic E-state index is 10.8. The molecular formula is C15H13NO7. The Balaban J connectivity index is 2.04. The van der Waals surface area contributed by atoms with Gasteiger partial charge in [0, 0.05) is 29.7 Å². The minimum atomic E-state index is -1.09. The molecule has 2 aromatic rings. The number of hydrogen-bond donors (Lipinski definition) is 5. The molecule has 0 aromatic heterocycles. The molecule has 0 aliphatic carbocycles. The van der Waals surface area contributed by atoms with Crippen LogP contribution in [-0.2, 0) is 6.42 Å². The standard InChI is InChI=1S/C15H13NO7/c17-7-3-9(16-22)8-5-12(20)15(23-13(8)4-7)6-1-10(18)14(21)11(19)2-6/h1-4,12,15,17-21H,5H2/t12-,15-/m1/s1. The first kappa shape index (κ1) is 14.9. The predicted molar refractivity (Wildman–Crippen MR) is 78.1 cm³/mol. The Bertz CT molecular complexity index is 767. The summed E-state index contributed by atoms with van der Waals surface area (Å²) in [6, 6.07) is 4.74. The third-order valence-corrected chi connectivity index (χ3v) is 3.71. The van der Waals surface area contributed by atoms with E-state index in [2.05, 4.69) is 5.18 Å². The molecule has 0 radical (unpaired) electrons. The highest BCUT2D eigenvalue weighted by atomic mass is 16.5. The van der Waals surface area contributed by atoms with Crippen molar-refractivity contribution in [1.82, 2.24) is 0 Å². The molecule has 8 nitrogen and oxygen atoms in total. The fraction of sp³-hybridized carbons (Fsp3) is 0.200. The summed E-state index contributed by atoms with van der Waals surface area (Å²) in [5.41, 5.74) is 0.544. The highest BCUT2D eigenvalue weighted by molar-refractivity contribution is 5.59. The lowest BCUT2D eigenvalue weighted by atomic mass is 9.93. The Kier molecular flexibility index (Phi) is 3.45. The van der Waals surface area contributed by atoms with Crippen LogP contribution in [0.1, 0.15) is 17.2 Å².